The molecule has 0 saturated heterocycles. The Kier molecular flexibility index (Phi) is 6.40. The molecule has 3 saturated carbocycles. The van der Waals surface area contributed by atoms with Crippen molar-refractivity contribution >= 4 is 15.9 Å². The van der Waals surface area contributed by atoms with Crippen LogP contribution < -0.4 is 0 Å². The van der Waals surface area contributed by atoms with Crippen molar-refractivity contribution in [1.82, 2.24) is 0 Å². The van der Waals surface area contributed by atoms with Gasteiger partial charge in [-0.25, -0.2) is 0 Å². The van der Waals surface area contributed by atoms with Crippen LogP contribution in [0.15, 0.2) is 11.6 Å². The molecule has 4 aliphatic carbocycles. The highest BCUT2D eigenvalue weighted by atomic mass is 79.9. The second kappa shape index (κ2) is 8.37. The van der Waals surface area contributed by atoms with Gasteiger partial charge in [-0.3, -0.25) is 0 Å². The van der Waals surface area contributed by atoms with Crippen LogP contribution >= 0.6 is 15.9 Å². The zero-order chi connectivity index (χ0) is 19.9. The average Bonchev–Trinajstić information content (AvgIpc) is 3.01. The van der Waals surface area contributed by atoms with E-state index in [-0.39, 0.29) is 6.10 Å². The Balaban J connectivity index is 1.48. The Labute approximate surface area is 182 Å². The summed E-state index contributed by atoms with van der Waals surface area (Å²) >= 11 is 3.95. The molecular formula is C26H43BrO. The van der Waals surface area contributed by atoms with Crippen molar-refractivity contribution in [2.24, 2.45) is 40.4 Å². The first-order valence-electron chi connectivity index (χ1n) is 12.3. The van der Waals surface area contributed by atoms with Crippen molar-refractivity contribution in [2.45, 2.75) is 104 Å². The van der Waals surface area contributed by atoms with Crippen molar-refractivity contribution in [2.75, 3.05) is 5.33 Å². The molecule has 0 unspecified atom stereocenters. The minimum absolute atomic E-state index is 0.0921. The summed E-state index contributed by atoms with van der Waals surface area (Å²) in [7, 11) is 0. The van der Waals surface area contributed by atoms with E-state index in [1.54, 1.807) is 5.57 Å². The lowest BCUT2D eigenvalue weighted by Crippen LogP contribution is -2.52. The number of aliphatic hydroxyl groups is 1. The lowest BCUT2D eigenvalue weighted by Gasteiger charge is -2.58. The number of fused-ring (bicyclic) bond motifs is 5. The van der Waals surface area contributed by atoms with Crippen LogP contribution in [0, 0.1) is 40.4 Å². The maximum absolute atomic E-state index is 10.3. The predicted octanol–water partition coefficient (Wildman–Crippen LogP) is 7.52. The van der Waals surface area contributed by atoms with Crippen LogP contribution in [0.5, 0.6) is 0 Å². The first-order valence-corrected chi connectivity index (χ1v) is 13.5. The van der Waals surface area contributed by atoms with Crippen molar-refractivity contribution in [3.05, 3.63) is 11.6 Å². The summed E-state index contributed by atoms with van der Waals surface area (Å²) in [6, 6.07) is 0. The van der Waals surface area contributed by atoms with E-state index in [4.69, 9.17) is 0 Å². The summed E-state index contributed by atoms with van der Waals surface area (Å²) in [5, 5.41) is 11.4. The Hall–Kier alpha value is 0.180. The number of halogens is 1. The Bertz CT molecular complexity index is 583. The van der Waals surface area contributed by atoms with Gasteiger partial charge in [-0.2, -0.15) is 0 Å². The molecule has 0 heterocycles. The summed E-state index contributed by atoms with van der Waals surface area (Å²) in [4.78, 5) is 0. The summed E-state index contributed by atoms with van der Waals surface area (Å²) in [6.45, 7) is 7.41. The van der Waals surface area contributed by atoms with Gasteiger partial charge in [-0.05, 0) is 92.8 Å². The first-order chi connectivity index (χ1) is 13.4. The maximum atomic E-state index is 10.3. The number of hydrogen-bond acceptors (Lipinski definition) is 1. The van der Waals surface area contributed by atoms with E-state index in [1.165, 1.54) is 64.2 Å². The topological polar surface area (TPSA) is 20.2 Å². The fourth-order valence-electron chi connectivity index (χ4n) is 8.21. The van der Waals surface area contributed by atoms with Crippen LogP contribution in [-0.2, 0) is 0 Å². The Morgan fingerprint density at radius 1 is 1.11 bits per heavy atom. The molecule has 3 fully saturated rings. The van der Waals surface area contributed by atoms with E-state index >= 15 is 0 Å². The predicted molar refractivity (Wildman–Crippen MR) is 123 cm³/mol. The van der Waals surface area contributed by atoms with Crippen LogP contribution in [-0.4, -0.2) is 16.5 Å². The molecule has 0 amide bonds. The molecule has 7 atom stereocenters. The number of alkyl halides is 1. The monoisotopic (exact) mass is 450 g/mol. The number of unbranched alkanes of at least 4 members (excludes halogenated alkanes) is 1. The summed E-state index contributed by atoms with van der Waals surface area (Å²) < 4.78 is 0. The standard InChI is InChI=1S/C26H43BrO/c1-18(2)6-4-5-7-19-9-11-23-22-10-8-20-16-21(28)12-15-26(20,17-27)24(22)13-14-25(19,23)3/h8,18-19,21-24,28H,4-7,9-17H2,1-3H3/t19-,21-,22-,23-,24-,25+,26+/m0/s1. The van der Waals surface area contributed by atoms with E-state index in [2.05, 4.69) is 42.8 Å². The quantitative estimate of drug-likeness (QED) is 0.252. The van der Waals surface area contributed by atoms with E-state index < -0.39 is 0 Å². The van der Waals surface area contributed by atoms with Crippen LogP contribution in [0.25, 0.3) is 0 Å². The highest BCUT2D eigenvalue weighted by Gasteiger charge is 2.59. The van der Waals surface area contributed by atoms with Crippen molar-refractivity contribution in [3.8, 4) is 0 Å². The fourth-order valence-corrected chi connectivity index (χ4v) is 9.27. The van der Waals surface area contributed by atoms with Crippen LogP contribution in [0.2, 0.25) is 0 Å². The lowest BCUT2D eigenvalue weighted by atomic mass is 9.47. The third-order valence-electron chi connectivity index (χ3n) is 9.82. The van der Waals surface area contributed by atoms with Crippen molar-refractivity contribution in [3.63, 3.8) is 0 Å². The molecule has 0 aliphatic heterocycles. The van der Waals surface area contributed by atoms with E-state index in [9.17, 15) is 5.11 Å². The molecule has 1 N–H and O–H groups in total. The number of aliphatic hydroxyl groups excluding tert-OH is 1. The SMILES string of the molecule is CC(C)CCCC[C@H]1CC[C@H]2[C@@H]3CC=C4C[C@@H](O)CC[C@]4(CBr)[C@H]3CC[C@]12C. The molecule has 2 heteroatoms. The minimum atomic E-state index is -0.0921. The molecular weight excluding hydrogens is 408 g/mol. The van der Waals surface area contributed by atoms with Crippen LogP contribution in [0.3, 0.4) is 0 Å². The molecule has 0 aromatic rings. The number of allylic oxidation sites excluding steroid dienone is 1. The van der Waals surface area contributed by atoms with Gasteiger partial charge in [0.2, 0.25) is 0 Å². The average molecular weight is 452 g/mol. The summed E-state index contributed by atoms with van der Waals surface area (Å²) in [5.41, 5.74) is 2.57. The van der Waals surface area contributed by atoms with Gasteiger partial charge in [-0.15, -0.1) is 0 Å². The first kappa shape index (κ1) is 21.4. The largest absolute Gasteiger partial charge is 0.393 e. The van der Waals surface area contributed by atoms with Crippen LogP contribution in [0.4, 0.5) is 0 Å². The van der Waals surface area contributed by atoms with Gasteiger partial charge in [-0.1, -0.05) is 67.6 Å². The second-order valence-corrected chi connectivity index (χ2v) is 12.1. The molecule has 1 nitrogen and oxygen atoms in total. The molecule has 4 aliphatic rings. The molecule has 0 radical (unpaired) electrons. The summed E-state index contributed by atoms with van der Waals surface area (Å²) in [6.07, 6.45) is 18.6. The molecule has 0 aromatic heterocycles. The Morgan fingerprint density at radius 3 is 2.68 bits per heavy atom. The van der Waals surface area contributed by atoms with Gasteiger partial charge in [0.15, 0.2) is 0 Å². The van der Waals surface area contributed by atoms with E-state index in [0.717, 1.165) is 47.8 Å². The molecule has 0 spiro atoms. The summed E-state index contributed by atoms with van der Waals surface area (Å²) in [5.74, 6) is 4.54. The van der Waals surface area contributed by atoms with Gasteiger partial charge in [0.05, 0.1) is 6.10 Å². The number of rotatable bonds is 6. The maximum Gasteiger partial charge on any atom is 0.0577 e. The zero-order valence-corrected chi connectivity index (χ0v) is 20.1. The fraction of sp³-hybridized carbons (Fsp3) is 0.923. The van der Waals surface area contributed by atoms with Gasteiger partial charge in [0.25, 0.3) is 0 Å². The molecule has 0 bridgehead atoms. The normalized spacial score (nSPS) is 45.4. The molecule has 160 valence electrons. The number of hydrogen-bond donors (Lipinski definition) is 1. The van der Waals surface area contributed by atoms with Gasteiger partial charge in [0.1, 0.15) is 0 Å². The highest BCUT2D eigenvalue weighted by molar-refractivity contribution is 9.09. The van der Waals surface area contributed by atoms with Gasteiger partial charge < -0.3 is 5.11 Å². The van der Waals surface area contributed by atoms with Crippen molar-refractivity contribution in [1.29, 1.82) is 0 Å². The van der Waals surface area contributed by atoms with Gasteiger partial charge >= 0.3 is 0 Å². The third-order valence-corrected chi connectivity index (χ3v) is 10.8. The zero-order valence-electron chi connectivity index (χ0n) is 18.6. The van der Waals surface area contributed by atoms with E-state index in [0.29, 0.717) is 10.8 Å². The van der Waals surface area contributed by atoms with Gasteiger partial charge in [0, 0.05) is 10.7 Å². The second-order valence-electron chi connectivity index (χ2n) is 11.5. The highest BCUT2D eigenvalue weighted by Crippen LogP contribution is 2.67. The van der Waals surface area contributed by atoms with E-state index in [1.807, 2.05) is 0 Å². The van der Waals surface area contributed by atoms with Crippen LogP contribution in [0.1, 0.15) is 97.8 Å². The molecule has 4 rings (SSSR count). The minimum Gasteiger partial charge on any atom is -0.393 e. The third kappa shape index (κ3) is 3.57. The molecule has 28 heavy (non-hydrogen) atoms. The Morgan fingerprint density at radius 2 is 1.93 bits per heavy atom. The molecule has 0 aromatic carbocycles. The lowest BCUT2D eigenvalue weighted by molar-refractivity contribution is -0.0487. The van der Waals surface area contributed by atoms with Crippen molar-refractivity contribution < 1.29 is 5.11 Å². The smallest absolute Gasteiger partial charge is 0.0577 e.